The van der Waals surface area contributed by atoms with Crippen LogP contribution in [-0.2, 0) is 9.32 Å². The molecule has 24 heavy (non-hydrogen) atoms. The van der Waals surface area contributed by atoms with E-state index in [-0.39, 0.29) is 0 Å². The van der Waals surface area contributed by atoms with Crippen molar-refractivity contribution in [2.45, 2.75) is 4.90 Å². The van der Waals surface area contributed by atoms with Gasteiger partial charge in [-0.15, -0.1) is 9.32 Å². The number of benzene rings is 2. The molecule has 3 aromatic rings. The van der Waals surface area contributed by atoms with E-state index in [1.807, 2.05) is 36.4 Å². The van der Waals surface area contributed by atoms with Gasteiger partial charge in [0.15, 0.2) is 0 Å². The van der Waals surface area contributed by atoms with Crippen molar-refractivity contribution < 1.29 is 14.1 Å². The molecule has 124 valence electrons. The first-order valence-electron chi connectivity index (χ1n) is 6.77. The number of nitrogens with two attached hydrogens (primary N) is 1. The van der Waals surface area contributed by atoms with Gasteiger partial charge >= 0.3 is 0 Å². The lowest BCUT2D eigenvalue weighted by Gasteiger charge is -2.08. The molecule has 0 saturated heterocycles. The number of hydrogen-bond donors (Lipinski definition) is 2. The van der Waals surface area contributed by atoms with Crippen molar-refractivity contribution in [3.8, 4) is 5.75 Å². The molecule has 0 atom stereocenters. The van der Waals surface area contributed by atoms with Crippen LogP contribution < -0.4 is 16.0 Å². The number of rotatable bonds is 6. The number of nitrogens with one attached hydrogen (secondary N) is 1. The Labute approximate surface area is 150 Å². The number of fused-ring (bicyclic) bond motifs is 1. The molecular weight excluding hydrogens is 396 g/mol. The van der Waals surface area contributed by atoms with E-state index < -0.39 is 0 Å². The van der Waals surface area contributed by atoms with Gasteiger partial charge in [-0.3, -0.25) is 0 Å². The number of halogens is 1. The molecule has 3 N–H and O–H groups in total. The molecule has 3 rings (SSSR count). The minimum absolute atomic E-state index is 0.494. The van der Waals surface area contributed by atoms with Crippen molar-refractivity contribution in [1.29, 1.82) is 0 Å². The van der Waals surface area contributed by atoms with Crippen LogP contribution in [0.15, 0.2) is 52.0 Å². The SMILES string of the molecule is COc1cc2nc(Nc3ccc(SOON)cc3)ncc2cc1Br. The quantitative estimate of drug-likeness (QED) is 0.359. The number of hydrogen-bond acceptors (Lipinski definition) is 8. The molecular formula is C15H13BrN4O3S. The van der Waals surface area contributed by atoms with E-state index in [0.717, 1.165) is 43.8 Å². The monoisotopic (exact) mass is 408 g/mol. The standard InChI is InChI=1S/C15H13BrN4O3S/c1-21-14-7-13-9(6-12(14)16)8-18-15(20-13)19-10-2-4-11(5-3-10)24-23-22-17/h2-8H,17H2,1H3,(H,18,19,20). The van der Waals surface area contributed by atoms with Crippen LogP contribution in [0.25, 0.3) is 10.9 Å². The molecule has 0 aliphatic carbocycles. The van der Waals surface area contributed by atoms with Gasteiger partial charge in [0.1, 0.15) is 5.75 Å². The Kier molecular flexibility index (Phi) is 5.48. The van der Waals surface area contributed by atoms with Crippen LogP contribution in [0.1, 0.15) is 0 Å². The number of aromatic nitrogens is 2. The van der Waals surface area contributed by atoms with Gasteiger partial charge in [-0.05, 0) is 46.3 Å². The lowest BCUT2D eigenvalue weighted by Crippen LogP contribution is -1.97. The Hall–Kier alpha value is -1.91. The fourth-order valence-corrected chi connectivity index (χ4v) is 2.92. The van der Waals surface area contributed by atoms with Gasteiger partial charge in [-0.2, -0.15) is 5.90 Å². The van der Waals surface area contributed by atoms with E-state index in [2.05, 4.69) is 40.5 Å². The molecule has 1 aromatic heterocycles. The Balaban J connectivity index is 1.80. The Morgan fingerprint density at radius 3 is 2.71 bits per heavy atom. The molecule has 0 bridgehead atoms. The summed E-state index contributed by atoms with van der Waals surface area (Å²) >= 11 is 4.47. The van der Waals surface area contributed by atoms with Gasteiger partial charge in [0, 0.05) is 28.2 Å². The number of methoxy groups -OCH3 is 1. The second kappa shape index (κ2) is 7.77. The van der Waals surface area contributed by atoms with Crippen molar-refractivity contribution >= 4 is 50.5 Å². The van der Waals surface area contributed by atoms with Crippen molar-refractivity contribution in [2.75, 3.05) is 12.4 Å². The predicted octanol–water partition coefficient (Wildman–Crippen LogP) is 3.97. The number of nitrogens with zero attached hydrogens (tertiary/aromatic N) is 2. The Bertz CT molecular complexity index is 848. The zero-order chi connectivity index (χ0) is 16.9. The summed E-state index contributed by atoms with van der Waals surface area (Å²) in [6.07, 6.45) is 1.76. The van der Waals surface area contributed by atoms with Gasteiger partial charge in [0.2, 0.25) is 5.95 Å². The third kappa shape index (κ3) is 3.94. The maximum Gasteiger partial charge on any atom is 0.227 e. The third-order valence-corrected chi connectivity index (χ3v) is 4.36. The molecule has 9 heteroatoms. The average molecular weight is 409 g/mol. The summed E-state index contributed by atoms with van der Waals surface area (Å²) in [7, 11) is 1.62. The molecule has 7 nitrogen and oxygen atoms in total. The predicted molar refractivity (Wildman–Crippen MR) is 95.7 cm³/mol. The van der Waals surface area contributed by atoms with Crippen LogP contribution in [0.2, 0.25) is 0 Å². The first kappa shape index (κ1) is 16.9. The van der Waals surface area contributed by atoms with Gasteiger partial charge in [0.25, 0.3) is 0 Å². The highest BCUT2D eigenvalue weighted by atomic mass is 79.9. The minimum Gasteiger partial charge on any atom is -0.495 e. The average Bonchev–Trinajstić information content (AvgIpc) is 2.61. The summed E-state index contributed by atoms with van der Waals surface area (Å²) in [6, 6.07) is 11.2. The van der Waals surface area contributed by atoms with Gasteiger partial charge in [0.05, 0.1) is 29.1 Å². The molecule has 0 amide bonds. The highest BCUT2D eigenvalue weighted by molar-refractivity contribution is 9.10. The smallest absolute Gasteiger partial charge is 0.227 e. The van der Waals surface area contributed by atoms with E-state index in [4.69, 9.17) is 10.6 Å². The van der Waals surface area contributed by atoms with Crippen LogP contribution in [-0.4, -0.2) is 17.1 Å². The zero-order valence-electron chi connectivity index (χ0n) is 12.5. The van der Waals surface area contributed by atoms with Crippen molar-refractivity contribution in [3.05, 3.63) is 47.1 Å². The van der Waals surface area contributed by atoms with Crippen molar-refractivity contribution in [2.24, 2.45) is 5.90 Å². The maximum atomic E-state index is 5.30. The van der Waals surface area contributed by atoms with E-state index in [1.54, 1.807) is 13.3 Å². The molecule has 0 unspecified atom stereocenters. The molecule has 2 aromatic carbocycles. The molecule has 0 fully saturated rings. The first-order valence-corrected chi connectivity index (χ1v) is 8.30. The normalized spacial score (nSPS) is 10.8. The second-order valence-electron chi connectivity index (χ2n) is 4.64. The van der Waals surface area contributed by atoms with Crippen LogP contribution in [0.4, 0.5) is 11.6 Å². The molecule has 0 aliphatic heterocycles. The van der Waals surface area contributed by atoms with E-state index in [0.29, 0.717) is 5.95 Å². The van der Waals surface area contributed by atoms with Crippen LogP contribution >= 0.6 is 28.0 Å². The molecule has 0 saturated carbocycles. The largest absolute Gasteiger partial charge is 0.495 e. The summed E-state index contributed by atoms with van der Waals surface area (Å²) in [5, 5.41) is 4.07. The lowest BCUT2D eigenvalue weighted by molar-refractivity contribution is -0.195. The van der Waals surface area contributed by atoms with E-state index in [9.17, 15) is 0 Å². The Morgan fingerprint density at radius 1 is 1.21 bits per heavy atom. The first-order chi connectivity index (χ1) is 11.7. The highest BCUT2D eigenvalue weighted by Gasteiger charge is 2.06. The molecule has 0 aliphatic rings. The second-order valence-corrected chi connectivity index (χ2v) is 6.26. The zero-order valence-corrected chi connectivity index (χ0v) is 14.9. The molecule has 1 heterocycles. The molecule has 0 radical (unpaired) electrons. The van der Waals surface area contributed by atoms with Crippen LogP contribution in [0.3, 0.4) is 0 Å². The Morgan fingerprint density at radius 2 is 2.00 bits per heavy atom. The van der Waals surface area contributed by atoms with Crippen molar-refractivity contribution in [1.82, 2.24) is 9.97 Å². The van der Waals surface area contributed by atoms with Crippen LogP contribution in [0, 0.1) is 0 Å². The van der Waals surface area contributed by atoms with Gasteiger partial charge in [-0.1, -0.05) is 0 Å². The summed E-state index contributed by atoms with van der Waals surface area (Å²) in [5.74, 6) is 6.01. The fraction of sp³-hybridized carbons (Fsp3) is 0.0667. The topological polar surface area (TPSA) is 91.5 Å². The van der Waals surface area contributed by atoms with Gasteiger partial charge in [-0.25, -0.2) is 9.97 Å². The maximum absolute atomic E-state index is 5.30. The third-order valence-electron chi connectivity index (χ3n) is 3.13. The number of ether oxygens (including phenoxy) is 1. The summed E-state index contributed by atoms with van der Waals surface area (Å²) in [6.45, 7) is 0. The van der Waals surface area contributed by atoms with E-state index in [1.165, 1.54) is 0 Å². The fourth-order valence-electron chi connectivity index (χ4n) is 2.03. The molecule has 0 spiro atoms. The van der Waals surface area contributed by atoms with E-state index >= 15 is 0 Å². The summed E-state index contributed by atoms with van der Waals surface area (Å²) in [5.41, 5.74) is 1.63. The van der Waals surface area contributed by atoms with Crippen LogP contribution in [0.5, 0.6) is 5.75 Å². The highest BCUT2D eigenvalue weighted by Crippen LogP contribution is 2.30. The summed E-state index contributed by atoms with van der Waals surface area (Å²) < 4.78 is 10.7. The summed E-state index contributed by atoms with van der Waals surface area (Å²) in [4.78, 5) is 13.7. The van der Waals surface area contributed by atoms with Crippen molar-refractivity contribution in [3.63, 3.8) is 0 Å². The minimum atomic E-state index is 0.494. The van der Waals surface area contributed by atoms with Gasteiger partial charge < -0.3 is 10.1 Å². The lowest BCUT2D eigenvalue weighted by atomic mass is 10.2. The number of anilines is 2.